The fourth-order valence-electron chi connectivity index (χ4n) is 2.29. The van der Waals surface area contributed by atoms with E-state index in [9.17, 15) is 4.39 Å². The Hall–Kier alpha value is -0.640. The van der Waals surface area contributed by atoms with Crippen LogP contribution >= 0.6 is 11.6 Å². The summed E-state index contributed by atoms with van der Waals surface area (Å²) in [6.07, 6.45) is 1.24. The molecule has 0 aliphatic carbocycles. The Morgan fingerprint density at radius 3 is 3.06 bits per heavy atom. The minimum Gasteiger partial charge on any atom is -0.312 e. The molecule has 0 amide bonds. The Morgan fingerprint density at radius 2 is 2.35 bits per heavy atom. The van der Waals surface area contributed by atoms with Crippen LogP contribution in [0.3, 0.4) is 0 Å². The molecule has 1 saturated heterocycles. The van der Waals surface area contributed by atoms with Gasteiger partial charge in [-0.25, -0.2) is 4.39 Å². The molecule has 0 aromatic heterocycles. The van der Waals surface area contributed by atoms with Gasteiger partial charge in [-0.15, -0.1) is 0 Å². The van der Waals surface area contributed by atoms with E-state index >= 15 is 0 Å². The zero-order chi connectivity index (χ0) is 12.3. The number of hydrogen-bond donors (Lipinski definition) is 1. The predicted octanol–water partition coefficient (Wildman–Crippen LogP) is 2.52. The third-order valence-electron chi connectivity index (χ3n) is 3.27. The van der Waals surface area contributed by atoms with Gasteiger partial charge >= 0.3 is 0 Å². The van der Waals surface area contributed by atoms with Crippen LogP contribution in [-0.2, 0) is 6.54 Å². The lowest BCUT2D eigenvalue weighted by Crippen LogP contribution is -2.24. The molecule has 1 aliphatic rings. The quantitative estimate of drug-likeness (QED) is 0.891. The number of nitrogens with one attached hydrogen (secondary N) is 1. The van der Waals surface area contributed by atoms with E-state index in [0.29, 0.717) is 12.5 Å². The van der Waals surface area contributed by atoms with Gasteiger partial charge in [0.05, 0.1) is 5.02 Å². The van der Waals surface area contributed by atoms with Crippen molar-refractivity contribution in [2.75, 3.05) is 26.7 Å². The molecule has 0 spiro atoms. The highest BCUT2D eigenvalue weighted by atomic mass is 35.5. The SMILES string of the molecule is CN1CCC(CNCc2cccc(F)c2Cl)C1. The summed E-state index contributed by atoms with van der Waals surface area (Å²) in [5.41, 5.74) is 0.831. The summed E-state index contributed by atoms with van der Waals surface area (Å²) < 4.78 is 13.2. The van der Waals surface area contributed by atoms with E-state index in [0.717, 1.165) is 18.7 Å². The highest BCUT2D eigenvalue weighted by Crippen LogP contribution is 2.19. The van der Waals surface area contributed by atoms with Crippen molar-refractivity contribution in [3.8, 4) is 0 Å². The lowest BCUT2D eigenvalue weighted by atomic mass is 10.1. The van der Waals surface area contributed by atoms with Crippen molar-refractivity contribution >= 4 is 11.6 Å². The van der Waals surface area contributed by atoms with Crippen LogP contribution in [0.25, 0.3) is 0 Å². The Bertz CT molecular complexity index is 384. The maximum atomic E-state index is 13.2. The Balaban J connectivity index is 1.80. The minimum absolute atomic E-state index is 0.239. The molecule has 0 bridgehead atoms. The second-order valence-electron chi connectivity index (χ2n) is 4.76. The lowest BCUT2D eigenvalue weighted by Gasteiger charge is -2.12. The van der Waals surface area contributed by atoms with E-state index in [2.05, 4.69) is 17.3 Å². The van der Waals surface area contributed by atoms with Crippen LogP contribution < -0.4 is 5.32 Å². The molecule has 0 saturated carbocycles. The lowest BCUT2D eigenvalue weighted by molar-refractivity contribution is 0.388. The van der Waals surface area contributed by atoms with E-state index < -0.39 is 0 Å². The second-order valence-corrected chi connectivity index (χ2v) is 5.14. The number of likely N-dealkylation sites (tertiary alicyclic amines) is 1. The summed E-state index contributed by atoms with van der Waals surface area (Å²) in [4.78, 5) is 2.33. The third kappa shape index (κ3) is 3.41. The maximum Gasteiger partial charge on any atom is 0.142 e. The maximum absolute atomic E-state index is 13.2. The summed E-state index contributed by atoms with van der Waals surface area (Å²) in [6, 6.07) is 4.94. The zero-order valence-corrected chi connectivity index (χ0v) is 10.8. The van der Waals surface area contributed by atoms with Crippen LogP contribution in [0.5, 0.6) is 0 Å². The van der Waals surface area contributed by atoms with E-state index in [4.69, 9.17) is 11.6 Å². The van der Waals surface area contributed by atoms with Gasteiger partial charge in [0.2, 0.25) is 0 Å². The van der Waals surface area contributed by atoms with E-state index in [1.165, 1.54) is 19.0 Å². The summed E-state index contributed by atoms with van der Waals surface area (Å²) in [5.74, 6) is 0.360. The van der Waals surface area contributed by atoms with Crippen LogP contribution in [0.2, 0.25) is 5.02 Å². The molecule has 1 N–H and O–H groups in total. The van der Waals surface area contributed by atoms with Gasteiger partial charge in [-0.05, 0) is 44.1 Å². The van der Waals surface area contributed by atoms with E-state index in [1.54, 1.807) is 6.07 Å². The van der Waals surface area contributed by atoms with Crippen molar-refractivity contribution in [3.05, 3.63) is 34.6 Å². The first-order valence-corrected chi connectivity index (χ1v) is 6.37. The van der Waals surface area contributed by atoms with Gasteiger partial charge in [-0.2, -0.15) is 0 Å². The van der Waals surface area contributed by atoms with Crippen molar-refractivity contribution in [2.45, 2.75) is 13.0 Å². The molecule has 1 unspecified atom stereocenters. The first-order valence-electron chi connectivity index (χ1n) is 5.99. The molecule has 2 rings (SSSR count). The number of halogens is 2. The van der Waals surface area contributed by atoms with Crippen LogP contribution in [0.1, 0.15) is 12.0 Å². The van der Waals surface area contributed by atoms with Gasteiger partial charge in [-0.1, -0.05) is 23.7 Å². The Morgan fingerprint density at radius 1 is 1.53 bits per heavy atom. The van der Waals surface area contributed by atoms with Gasteiger partial charge in [0.1, 0.15) is 5.82 Å². The number of benzene rings is 1. The molecule has 1 heterocycles. The predicted molar refractivity (Wildman–Crippen MR) is 68.7 cm³/mol. The van der Waals surface area contributed by atoms with Gasteiger partial charge in [0.15, 0.2) is 0 Å². The Labute approximate surface area is 107 Å². The van der Waals surface area contributed by atoms with E-state index in [1.807, 2.05) is 6.07 Å². The molecular weight excluding hydrogens is 239 g/mol. The van der Waals surface area contributed by atoms with Gasteiger partial charge < -0.3 is 10.2 Å². The zero-order valence-electron chi connectivity index (χ0n) is 10.0. The fraction of sp³-hybridized carbons (Fsp3) is 0.538. The van der Waals surface area contributed by atoms with Crippen LogP contribution in [0.15, 0.2) is 18.2 Å². The van der Waals surface area contributed by atoms with Gasteiger partial charge in [0.25, 0.3) is 0 Å². The minimum atomic E-state index is -0.341. The van der Waals surface area contributed by atoms with Crippen molar-refractivity contribution < 1.29 is 4.39 Å². The second kappa shape index (κ2) is 5.80. The molecule has 4 heteroatoms. The highest BCUT2D eigenvalue weighted by Gasteiger charge is 2.18. The molecule has 94 valence electrons. The van der Waals surface area contributed by atoms with Crippen molar-refractivity contribution in [1.82, 2.24) is 10.2 Å². The van der Waals surface area contributed by atoms with Crippen LogP contribution in [0.4, 0.5) is 4.39 Å². The molecule has 1 aromatic carbocycles. The topological polar surface area (TPSA) is 15.3 Å². The average Bonchev–Trinajstić information content (AvgIpc) is 2.70. The number of rotatable bonds is 4. The van der Waals surface area contributed by atoms with Crippen LogP contribution in [-0.4, -0.2) is 31.6 Å². The molecular formula is C13H18ClFN2. The number of hydrogen-bond acceptors (Lipinski definition) is 2. The highest BCUT2D eigenvalue weighted by molar-refractivity contribution is 6.31. The van der Waals surface area contributed by atoms with Gasteiger partial charge in [-0.3, -0.25) is 0 Å². The summed E-state index contributed by atoms with van der Waals surface area (Å²) in [7, 11) is 2.14. The van der Waals surface area contributed by atoms with E-state index in [-0.39, 0.29) is 10.8 Å². The normalized spacial score (nSPS) is 21.0. The smallest absolute Gasteiger partial charge is 0.142 e. The van der Waals surface area contributed by atoms with Gasteiger partial charge in [0, 0.05) is 13.1 Å². The summed E-state index contributed by atoms with van der Waals surface area (Å²) in [5, 5.41) is 3.59. The van der Waals surface area contributed by atoms with Crippen molar-refractivity contribution in [3.63, 3.8) is 0 Å². The molecule has 17 heavy (non-hydrogen) atoms. The standard InChI is InChI=1S/C13H18ClFN2/c1-17-6-5-10(9-17)7-16-8-11-3-2-4-12(15)13(11)14/h2-4,10,16H,5-9H2,1H3. The van der Waals surface area contributed by atoms with Crippen molar-refractivity contribution in [2.24, 2.45) is 5.92 Å². The third-order valence-corrected chi connectivity index (χ3v) is 3.69. The molecule has 1 atom stereocenters. The summed E-state index contributed by atoms with van der Waals surface area (Å²) >= 11 is 5.89. The van der Waals surface area contributed by atoms with Crippen molar-refractivity contribution in [1.29, 1.82) is 0 Å². The van der Waals surface area contributed by atoms with Crippen LogP contribution in [0, 0.1) is 11.7 Å². The molecule has 1 aromatic rings. The first-order chi connectivity index (χ1) is 8.16. The molecule has 2 nitrogen and oxygen atoms in total. The molecule has 1 fully saturated rings. The molecule has 0 radical (unpaired) electrons. The Kier molecular flexibility index (Phi) is 4.37. The average molecular weight is 257 g/mol. The largest absolute Gasteiger partial charge is 0.312 e. The fourth-order valence-corrected chi connectivity index (χ4v) is 2.48. The monoisotopic (exact) mass is 256 g/mol. The number of nitrogens with zero attached hydrogens (tertiary/aromatic N) is 1. The summed E-state index contributed by atoms with van der Waals surface area (Å²) in [6.45, 7) is 3.92. The first kappa shape index (κ1) is 12.8. The molecule has 1 aliphatic heterocycles.